The van der Waals surface area contributed by atoms with Crippen LogP contribution in [0.1, 0.15) is 50.3 Å². The third-order valence-electron chi connectivity index (χ3n) is 6.84. The summed E-state index contributed by atoms with van der Waals surface area (Å²) in [6, 6.07) is 20.5. The van der Waals surface area contributed by atoms with Crippen LogP contribution in [-0.2, 0) is 14.8 Å². The number of fused-ring (bicyclic) bond motifs is 1. The second-order valence-electron chi connectivity index (χ2n) is 9.13. The van der Waals surface area contributed by atoms with Crippen LogP contribution in [-0.4, -0.2) is 26.5 Å². The third-order valence-corrected chi connectivity index (χ3v) is 8.93. The summed E-state index contributed by atoms with van der Waals surface area (Å²) in [4.78, 5) is 13.5. The zero-order chi connectivity index (χ0) is 25.9. The van der Waals surface area contributed by atoms with Gasteiger partial charge in [-0.05, 0) is 50.1 Å². The molecule has 0 spiro atoms. The molecular weight excluding hydrogens is 496 g/mol. The second-order valence-corrected chi connectivity index (χ2v) is 11.4. The maximum absolute atomic E-state index is 13.7. The van der Waals surface area contributed by atoms with Crippen molar-refractivity contribution in [2.45, 2.75) is 56.6 Å². The average molecular weight is 527 g/mol. The highest BCUT2D eigenvalue weighted by atomic mass is 35.5. The van der Waals surface area contributed by atoms with Crippen LogP contribution < -0.4 is 14.4 Å². The standard InChI is InChI=1S/C28H31ClN2O4S/c1-4-28(5-2)18-24(22-10-6-9-13-26(22)35-28)30-27(32)19-31(25-12-8-7-11-23(25)29)36(33,34)21-16-14-20(3)15-17-21/h6-17,24H,4-5,18-19H2,1-3H3,(H,30,32)/t24-/m0/s1. The number of halogens is 1. The Morgan fingerprint density at radius 3 is 2.33 bits per heavy atom. The Morgan fingerprint density at radius 1 is 1.03 bits per heavy atom. The minimum Gasteiger partial charge on any atom is -0.487 e. The van der Waals surface area contributed by atoms with Crippen LogP contribution in [0.5, 0.6) is 5.75 Å². The molecule has 1 heterocycles. The van der Waals surface area contributed by atoms with Gasteiger partial charge >= 0.3 is 0 Å². The van der Waals surface area contributed by atoms with Crippen LogP contribution in [0.3, 0.4) is 0 Å². The number of nitrogens with one attached hydrogen (secondary N) is 1. The summed E-state index contributed by atoms with van der Waals surface area (Å²) in [6.45, 7) is 5.62. The van der Waals surface area contributed by atoms with Gasteiger partial charge in [0.15, 0.2) is 0 Å². The van der Waals surface area contributed by atoms with Gasteiger partial charge in [0.05, 0.1) is 21.6 Å². The van der Waals surface area contributed by atoms with Gasteiger partial charge in [-0.1, -0.05) is 73.5 Å². The summed E-state index contributed by atoms with van der Waals surface area (Å²) in [5.74, 6) is 0.321. The molecule has 1 aliphatic rings. The number of ether oxygens (including phenoxy) is 1. The number of sulfonamides is 1. The quantitative estimate of drug-likeness (QED) is 0.388. The Hall–Kier alpha value is -3.03. The van der Waals surface area contributed by atoms with Gasteiger partial charge in [0.25, 0.3) is 10.0 Å². The van der Waals surface area contributed by atoms with Crippen molar-refractivity contribution in [2.75, 3.05) is 10.8 Å². The second kappa shape index (κ2) is 10.5. The Kier molecular flexibility index (Phi) is 7.62. The van der Waals surface area contributed by atoms with Crippen molar-refractivity contribution in [1.29, 1.82) is 0 Å². The molecule has 8 heteroatoms. The van der Waals surface area contributed by atoms with E-state index in [1.165, 1.54) is 12.1 Å². The summed E-state index contributed by atoms with van der Waals surface area (Å²) in [6.07, 6.45) is 2.18. The van der Waals surface area contributed by atoms with E-state index in [1.807, 2.05) is 31.2 Å². The lowest BCUT2D eigenvalue weighted by atomic mass is 9.83. The number of para-hydroxylation sites is 2. The largest absolute Gasteiger partial charge is 0.487 e. The van der Waals surface area contributed by atoms with Gasteiger partial charge in [0.1, 0.15) is 17.9 Å². The van der Waals surface area contributed by atoms with E-state index in [0.717, 1.165) is 34.0 Å². The van der Waals surface area contributed by atoms with E-state index in [1.54, 1.807) is 36.4 Å². The van der Waals surface area contributed by atoms with Gasteiger partial charge in [-0.3, -0.25) is 9.10 Å². The van der Waals surface area contributed by atoms with E-state index in [-0.39, 0.29) is 21.6 Å². The van der Waals surface area contributed by atoms with E-state index in [4.69, 9.17) is 16.3 Å². The summed E-state index contributed by atoms with van der Waals surface area (Å²) < 4.78 is 34.8. The number of hydrogen-bond donors (Lipinski definition) is 1. The smallest absolute Gasteiger partial charge is 0.264 e. The number of hydrogen-bond acceptors (Lipinski definition) is 4. The Balaban J connectivity index is 1.66. The zero-order valence-electron chi connectivity index (χ0n) is 20.7. The van der Waals surface area contributed by atoms with Crippen LogP contribution in [0.2, 0.25) is 5.02 Å². The number of nitrogens with zero attached hydrogens (tertiary/aromatic N) is 1. The molecule has 1 aliphatic heterocycles. The van der Waals surface area contributed by atoms with Crippen molar-refractivity contribution in [3.8, 4) is 5.75 Å². The van der Waals surface area contributed by atoms with Crippen LogP contribution in [0.25, 0.3) is 0 Å². The maximum Gasteiger partial charge on any atom is 0.264 e. The highest BCUT2D eigenvalue weighted by molar-refractivity contribution is 7.92. The first kappa shape index (κ1) is 26.0. The van der Waals surface area contributed by atoms with Crippen LogP contribution in [0, 0.1) is 6.92 Å². The highest BCUT2D eigenvalue weighted by Gasteiger charge is 2.39. The zero-order valence-corrected chi connectivity index (χ0v) is 22.3. The monoisotopic (exact) mass is 526 g/mol. The van der Waals surface area contributed by atoms with E-state index < -0.39 is 28.1 Å². The maximum atomic E-state index is 13.7. The van der Waals surface area contributed by atoms with Gasteiger partial charge in [-0.25, -0.2) is 8.42 Å². The molecule has 36 heavy (non-hydrogen) atoms. The van der Waals surface area contributed by atoms with Crippen LogP contribution in [0.4, 0.5) is 5.69 Å². The number of carbonyl (C=O) groups is 1. The Morgan fingerprint density at radius 2 is 1.67 bits per heavy atom. The minimum atomic E-state index is -4.06. The molecule has 0 saturated heterocycles. The van der Waals surface area contributed by atoms with Crippen molar-refractivity contribution in [2.24, 2.45) is 0 Å². The fourth-order valence-electron chi connectivity index (χ4n) is 4.59. The van der Waals surface area contributed by atoms with E-state index in [2.05, 4.69) is 19.2 Å². The lowest BCUT2D eigenvalue weighted by Crippen LogP contribution is -2.47. The first-order valence-electron chi connectivity index (χ1n) is 12.1. The Bertz CT molecular complexity index is 1340. The number of rotatable bonds is 8. The van der Waals surface area contributed by atoms with Crippen molar-refractivity contribution >= 4 is 33.2 Å². The number of aryl methyl sites for hydroxylation is 1. The van der Waals surface area contributed by atoms with Gasteiger partial charge < -0.3 is 10.1 Å². The molecule has 1 N–H and O–H groups in total. The first-order chi connectivity index (χ1) is 17.2. The SMILES string of the molecule is CCC1(CC)C[C@H](NC(=O)CN(c2ccccc2Cl)S(=O)(=O)c2ccc(C)cc2)c2ccccc2O1. The lowest BCUT2D eigenvalue weighted by Gasteiger charge is -2.41. The topological polar surface area (TPSA) is 75.7 Å². The van der Waals surface area contributed by atoms with Gasteiger partial charge in [-0.2, -0.15) is 0 Å². The normalized spacial score (nSPS) is 16.5. The number of benzene rings is 3. The molecule has 0 aliphatic carbocycles. The number of carbonyl (C=O) groups excluding carboxylic acids is 1. The molecule has 3 aromatic carbocycles. The van der Waals surface area contributed by atoms with Crippen LogP contribution >= 0.6 is 11.6 Å². The van der Waals surface area contributed by atoms with Crippen molar-refractivity contribution < 1.29 is 17.9 Å². The van der Waals surface area contributed by atoms with Gasteiger partial charge in [0.2, 0.25) is 5.91 Å². The summed E-state index contributed by atoms with van der Waals surface area (Å²) >= 11 is 6.40. The molecule has 1 amide bonds. The van der Waals surface area contributed by atoms with E-state index >= 15 is 0 Å². The molecular formula is C28H31ClN2O4S. The predicted octanol–water partition coefficient (Wildman–Crippen LogP) is 6.04. The van der Waals surface area contributed by atoms with Crippen molar-refractivity contribution in [3.63, 3.8) is 0 Å². The average Bonchev–Trinajstić information content (AvgIpc) is 2.88. The summed E-state index contributed by atoms with van der Waals surface area (Å²) in [7, 11) is -4.06. The minimum absolute atomic E-state index is 0.0909. The van der Waals surface area contributed by atoms with Gasteiger partial charge in [0, 0.05) is 12.0 Å². The van der Waals surface area contributed by atoms with E-state index in [0.29, 0.717) is 6.42 Å². The molecule has 0 unspecified atom stereocenters. The van der Waals surface area contributed by atoms with E-state index in [9.17, 15) is 13.2 Å². The van der Waals surface area contributed by atoms with Crippen molar-refractivity contribution in [3.05, 3.63) is 88.9 Å². The van der Waals surface area contributed by atoms with Gasteiger partial charge in [-0.15, -0.1) is 0 Å². The molecule has 6 nitrogen and oxygen atoms in total. The first-order valence-corrected chi connectivity index (χ1v) is 13.9. The lowest BCUT2D eigenvalue weighted by molar-refractivity contribution is -0.121. The molecule has 1 atom stereocenters. The Labute approximate surface area is 218 Å². The number of anilines is 1. The molecule has 3 aromatic rings. The molecule has 190 valence electrons. The predicted molar refractivity (Wildman–Crippen MR) is 143 cm³/mol. The fourth-order valence-corrected chi connectivity index (χ4v) is 6.32. The highest BCUT2D eigenvalue weighted by Crippen LogP contribution is 2.42. The molecule has 0 aromatic heterocycles. The molecule has 4 rings (SSSR count). The summed E-state index contributed by atoms with van der Waals surface area (Å²) in [5.41, 5.74) is 1.67. The molecule has 0 radical (unpaired) electrons. The molecule has 0 fully saturated rings. The molecule has 0 bridgehead atoms. The number of amides is 1. The molecule has 0 saturated carbocycles. The van der Waals surface area contributed by atoms with Crippen molar-refractivity contribution in [1.82, 2.24) is 5.32 Å². The fraction of sp³-hybridized carbons (Fsp3) is 0.321. The summed E-state index contributed by atoms with van der Waals surface area (Å²) in [5, 5.41) is 3.33. The van der Waals surface area contributed by atoms with Crippen LogP contribution in [0.15, 0.2) is 77.7 Å². The third kappa shape index (κ3) is 5.22.